The summed E-state index contributed by atoms with van der Waals surface area (Å²) in [5, 5.41) is 0. The lowest BCUT2D eigenvalue weighted by molar-refractivity contribution is 0.0474. The van der Waals surface area contributed by atoms with Gasteiger partial charge in [0.2, 0.25) is 15.8 Å². The highest BCUT2D eigenvalue weighted by atomic mass is 32.2. The summed E-state index contributed by atoms with van der Waals surface area (Å²) in [6, 6.07) is 5.36. The molecule has 12 heteroatoms. The van der Waals surface area contributed by atoms with Crippen molar-refractivity contribution in [3.05, 3.63) is 56.2 Å². The van der Waals surface area contributed by atoms with Gasteiger partial charge in [-0.25, -0.2) is 18.0 Å². The molecule has 0 bridgehead atoms. The highest BCUT2D eigenvalue weighted by Crippen LogP contribution is 2.22. The van der Waals surface area contributed by atoms with Gasteiger partial charge in [0.1, 0.15) is 11.4 Å². The predicted octanol–water partition coefficient (Wildman–Crippen LogP) is 0.609. The van der Waals surface area contributed by atoms with Crippen LogP contribution in [0.5, 0.6) is 0 Å². The van der Waals surface area contributed by atoms with Crippen LogP contribution in [0.15, 0.2) is 38.8 Å². The van der Waals surface area contributed by atoms with E-state index in [0.29, 0.717) is 13.1 Å². The number of hydrogen-bond donors (Lipinski definition) is 1. The van der Waals surface area contributed by atoms with Gasteiger partial charge >= 0.3 is 11.7 Å². The number of sulfonamides is 1. The molecule has 3 rings (SSSR count). The van der Waals surface area contributed by atoms with Crippen molar-refractivity contribution in [1.82, 2.24) is 13.4 Å². The summed E-state index contributed by atoms with van der Waals surface area (Å²) in [4.78, 5) is 50.1. The lowest BCUT2D eigenvalue weighted by Gasteiger charge is -2.16. The van der Waals surface area contributed by atoms with Crippen molar-refractivity contribution in [3.63, 3.8) is 0 Å². The van der Waals surface area contributed by atoms with Crippen molar-refractivity contribution in [1.29, 1.82) is 0 Å². The van der Waals surface area contributed by atoms with Crippen LogP contribution in [-0.2, 0) is 28.4 Å². The number of anilines is 1. The second-order valence-corrected chi connectivity index (χ2v) is 10.5. The number of hydrogen-bond acceptors (Lipinski definition) is 8. The molecule has 184 valence electrons. The van der Waals surface area contributed by atoms with Gasteiger partial charge in [-0.3, -0.25) is 18.7 Å². The van der Waals surface area contributed by atoms with Crippen LogP contribution < -0.4 is 17.0 Å². The van der Waals surface area contributed by atoms with Gasteiger partial charge in [-0.1, -0.05) is 19.9 Å². The van der Waals surface area contributed by atoms with E-state index in [1.165, 1.54) is 35.6 Å². The van der Waals surface area contributed by atoms with Crippen LogP contribution in [0.25, 0.3) is 0 Å². The van der Waals surface area contributed by atoms with Crippen LogP contribution in [0.1, 0.15) is 47.4 Å². The van der Waals surface area contributed by atoms with Crippen molar-refractivity contribution in [2.45, 2.75) is 38.1 Å². The van der Waals surface area contributed by atoms with Crippen LogP contribution in [0.3, 0.4) is 0 Å². The second-order valence-electron chi connectivity index (χ2n) is 8.55. The number of Topliss-reactive ketones (excluding diaryl/α,β-unsaturated/α-hetero) is 1. The van der Waals surface area contributed by atoms with Crippen LogP contribution >= 0.6 is 0 Å². The quantitative estimate of drug-likeness (QED) is 0.416. The summed E-state index contributed by atoms with van der Waals surface area (Å²) in [6.07, 6.45) is 1.55. The Kier molecular flexibility index (Phi) is 7.41. The Hall–Kier alpha value is -3.25. The summed E-state index contributed by atoms with van der Waals surface area (Å²) < 4.78 is 33.8. The zero-order chi connectivity index (χ0) is 25.2. The Bertz CT molecular complexity index is 1340. The smallest absolute Gasteiger partial charge is 0.338 e. The summed E-state index contributed by atoms with van der Waals surface area (Å²) >= 11 is 0. The first-order valence-corrected chi connectivity index (χ1v) is 12.3. The van der Waals surface area contributed by atoms with Gasteiger partial charge in [0.25, 0.3) is 5.56 Å². The molecule has 2 N–H and O–H groups in total. The monoisotopic (exact) mass is 492 g/mol. The third-order valence-corrected chi connectivity index (χ3v) is 7.41. The average molecular weight is 493 g/mol. The standard InChI is InChI=1S/C22H28N4O7S/c1-14(2)12-26-19(23)18(20(28)24(3)22(26)30)17(27)13-33-21(29)15-7-6-8-16(11-15)34(31,32)25-9-4-5-10-25/h6-8,11,14H,4-5,9-10,12-13,23H2,1-3H3. The molecule has 0 amide bonds. The zero-order valence-electron chi connectivity index (χ0n) is 19.3. The topological polar surface area (TPSA) is 151 Å². The van der Waals surface area contributed by atoms with E-state index >= 15 is 0 Å². The number of nitrogens with two attached hydrogens (primary N) is 1. The fourth-order valence-electron chi connectivity index (χ4n) is 3.73. The molecular formula is C22H28N4O7S. The number of nitrogen functional groups attached to an aromatic ring is 1. The Morgan fingerprint density at radius 1 is 1.15 bits per heavy atom. The maximum Gasteiger partial charge on any atom is 0.338 e. The largest absolute Gasteiger partial charge is 0.454 e. The van der Waals surface area contributed by atoms with Gasteiger partial charge in [-0.2, -0.15) is 4.31 Å². The highest BCUT2D eigenvalue weighted by Gasteiger charge is 2.28. The maximum atomic E-state index is 12.7. The summed E-state index contributed by atoms with van der Waals surface area (Å²) in [6.45, 7) is 3.91. The molecule has 0 aliphatic carbocycles. The fourth-order valence-corrected chi connectivity index (χ4v) is 5.30. The number of ether oxygens (including phenoxy) is 1. The molecule has 1 saturated heterocycles. The average Bonchev–Trinajstić information content (AvgIpc) is 3.35. The normalized spacial score (nSPS) is 14.5. The second kappa shape index (κ2) is 9.94. The van der Waals surface area contributed by atoms with Crippen molar-refractivity contribution in [3.8, 4) is 0 Å². The molecule has 34 heavy (non-hydrogen) atoms. The van der Waals surface area contributed by atoms with E-state index in [1.807, 2.05) is 13.8 Å². The van der Waals surface area contributed by atoms with Crippen LogP contribution in [0, 0.1) is 5.92 Å². The third-order valence-electron chi connectivity index (χ3n) is 5.52. The van der Waals surface area contributed by atoms with Crippen LogP contribution in [0.2, 0.25) is 0 Å². The molecule has 0 atom stereocenters. The number of rotatable bonds is 8. The van der Waals surface area contributed by atoms with Gasteiger partial charge in [0, 0.05) is 26.7 Å². The van der Waals surface area contributed by atoms with Gasteiger partial charge in [-0.15, -0.1) is 0 Å². The number of carbonyl (C=O) groups is 2. The Morgan fingerprint density at radius 3 is 2.41 bits per heavy atom. The first kappa shape index (κ1) is 25.4. The molecule has 0 saturated carbocycles. The van der Waals surface area contributed by atoms with E-state index in [2.05, 4.69) is 0 Å². The number of nitrogens with zero attached hydrogens (tertiary/aromatic N) is 3. The summed E-state index contributed by atoms with van der Waals surface area (Å²) in [7, 11) is -2.51. The van der Waals surface area contributed by atoms with Crippen molar-refractivity contribution >= 4 is 27.6 Å². The highest BCUT2D eigenvalue weighted by molar-refractivity contribution is 7.89. The fraction of sp³-hybridized carbons (Fsp3) is 0.455. The molecule has 1 aromatic heterocycles. The first-order valence-electron chi connectivity index (χ1n) is 10.8. The predicted molar refractivity (Wildman–Crippen MR) is 124 cm³/mol. The maximum absolute atomic E-state index is 12.7. The molecule has 1 aromatic carbocycles. The Balaban J connectivity index is 1.81. The minimum Gasteiger partial charge on any atom is -0.454 e. The van der Waals surface area contributed by atoms with Crippen molar-refractivity contribution < 1.29 is 22.7 Å². The third kappa shape index (κ3) is 4.97. The zero-order valence-corrected chi connectivity index (χ0v) is 20.1. The number of aromatic nitrogens is 2. The summed E-state index contributed by atoms with van der Waals surface area (Å²) in [5.41, 5.74) is 3.93. The van der Waals surface area contributed by atoms with E-state index < -0.39 is 45.2 Å². The molecule has 2 heterocycles. The van der Waals surface area contributed by atoms with Gasteiger partial charge in [-0.05, 0) is 37.0 Å². The first-order chi connectivity index (χ1) is 15.9. The van der Waals surface area contributed by atoms with E-state index in [9.17, 15) is 27.6 Å². The Labute approximate surface area is 196 Å². The van der Waals surface area contributed by atoms with Crippen LogP contribution in [0.4, 0.5) is 5.82 Å². The van der Waals surface area contributed by atoms with Gasteiger partial charge < -0.3 is 10.5 Å². The number of carbonyl (C=O) groups excluding carboxylic acids is 2. The van der Waals surface area contributed by atoms with Gasteiger partial charge in [0.05, 0.1) is 10.5 Å². The van der Waals surface area contributed by atoms with Crippen LogP contribution in [-0.4, -0.2) is 53.3 Å². The number of esters is 1. The molecule has 1 aliphatic heterocycles. The van der Waals surface area contributed by atoms with E-state index in [4.69, 9.17) is 10.5 Å². The lowest BCUT2D eigenvalue weighted by Crippen LogP contribution is -2.43. The molecule has 0 unspecified atom stereocenters. The molecule has 0 radical (unpaired) electrons. The Morgan fingerprint density at radius 2 is 1.79 bits per heavy atom. The minimum atomic E-state index is -3.74. The molecule has 1 fully saturated rings. The van der Waals surface area contributed by atoms with E-state index in [-0.39, 0.29) is 28.7 Å². The number of ketones is 1. The van der Waals surface area contributed by atoms with Crippen molar-refractivity contribution in [2.24, 2.45) is 13.0 Å². The van der Waals surface area contributed by atoms with Gasteiger partial charge in [0.15, 0.2) is 6.61 Å². The molecule has 0 spiro atoms. The van der Waals surface area contributed by atoms with E-state index in [0.717, 1.165) is 22.0 Å². The SMILES string of the molecule is CC(C)Cn1c(N)c(C(=O)COC(=O)c2cccc(S(=O)(=O)N3CCCC3)c2)c(=O)n(C)c1=O. The van der Waals surface area contributed by atoms with Crippen molar-refractivity contribution in [2.75, 3.05) is 25.4 Å². The summed E-state index contributed by atoms with van der Waals surface area (Å²) in [5.74, 6) is -2.08. The molecule has 1 aliphatic rings. The van der Waals surface area contributed by atoms with E-state index in [1.54, 1.807) is 0 Å². The molecule has 11 nitrogen and oxygen atoms in total. The lowest BCUT2D eigenvalue weighted by atomic mass is 10.1. The number of benzene rings is 1. The minimum absolute atomic E-state index is 0.0161. The molecule has 2 aromatic rings. The molecular weight excluding hydrogens is 464 g/mol.